The fraction of sp³-hybridized carbons (Fsp3) is 0. The molecule has 0 aliphatic heterocycles. The Labute approximate surface area is 102 Å². The maximum atomic E-state index is 4.39. The van der Waals surface area contributed by atoms with Crippen LogP contribution in [0.1, 0.15) is 0 Å². The number of hydroxylamine groups is 1. The molecule has 1 N–H and O–H groups in total. The molecule has 40 valence electrons. The SMILES string of the molecule is C=CONC(=S)[S-].[K+]. The zero-order valence-corrected chi connectivity index (χ0v) is 9.27. The third-order valence-electron chi connectivity index (χ3n) is 0.226. The van der Waals surface area contributed by atoms with Crippen molar-refractivity contribution in [3.05, 3.63) is 12.8 Å². The average molecular weight is 173 g/mol. The maximum Gasteiger partial charge on any atom is 1.00 e. The van der Waals surface area contributed by atoms with Gasteiger partial charge in [-0.1, -0.05) is 6.58 Å². The summed E-state index contributed by atoms with van der Waals surface area (Å²) in [4.78, 5) is 4.36. The van der Waals surface area contributed by atoms with Crippen LogP contribution >= 0.6 is 12.2 Å². The molecule has 0 rings (SSSR count). The molecule has 0 aliphatic carbocycles. The Morgan fingerprint density at radius 3 is 2.50 bits per heavy atom. The van der Waals surface area contributed by atoms with E-state index in [1.54, 1.807) is 0 Å². The molecule has 0 bridgehead atoms. The second-order valence-electron chi connectivity index (χ2n) is 0.674. The van der Waals surface area contributed by atoms with Crippen molar-refractivity contribution in [2.45, 2.75) is 0 Å². The van der Waals surface area contributed by atoms with E-state index in [0.717, 1.165) is 0 Å². The van der Waals surface area contributed by atoms with Gasteiger partial charge >= 0.3 is 51.4 Å². The topological polar surface area (TPSA) is 21.3 Å². The molecule has 0 saturated heterocycles. The van der Waals surface area contributed by atoms with E-state index < -0.39 is 0 Å². The van der Waals surface area contributed by atoms with Gasteiger partial charge in [0.25, 0.3) is 0 Å². The summed E-state index contributed by atoms with van der Waals surface area (Å²) < 4.78 is 0.180. The van der Waals surface area contributed by atoms with Crippen molar-refractivity contribution in [2.75, 3.05) is 0 Å². The largest absolute Gasteiger partial charge is 1.00 e. The van der Waals surface area contributed by atoms with Gasteiger partial charge in [0, 0.05) is 0 Å². The fourth-order valence-corrected chi connectivity index (χ4v) is 0.186. The van der Waals surface area contributed by atoms with E-state index in [2.05, 4.69) is 41.7 Å². The smallest absolute Gasteiger partial charge is 0.408 e. The van der Waals surface area contributed by atoms with Gasteiger partial charge in [0.05, 0.1) is 0 Å². The molecule has 8 heavy (non-hydrogen) atoms. The minimum atomic E-state index is 0. The van der Waals surface area contributed by atoms with Crippen molar-refractivity contribution < 1.29 is 56.2 Å². The first kappa shape index (κ1) is 12.0. The third kappa shape index (κ3) is 10.3. The Balaban J connectivity index is 0. The molecular weight excluding hydrogens is 169 g/mol. The molecule has 0 aliphatic rings. The molecule has 0 heterocycles. The van der Waals surface area contributed by atoms with Crippen LogP contribution in [0.2, 0.25) is 0 Å². The fourth-order valence-electron chi connectivity index (χ4n) is 0.0898. The van der Waals surface area contributed by atoms with Gasteiger partial charge in [-0.25, -0.2) is 5.48 Å². The van der Waals surface area contributed by atoms with E-state index in [1.165, 1.54) is 6.26 Å². The molecular formula is C3H4KNOS2. The van der Waals surface area contributed by atoms with Crippen LogP contribution in [0.25, 0.3) is 0 Å². The van der Waals surface area contributed by atoms with Gasteiger partial charge in [0.15, 0.2) is 0 Å². The second-order valence-corrected chi connectivity index (χ2v) is 1.75. The summed E-state index contributed by atoms with van der Waals surface area (Å²) >= 11 is 8.78. The predicted molar refractivity (Wildman–Crippen MR) is 34.4 cm³/mol. The van der Waals surface area contributed by atoms with E-state index in [9.17, 15) is 0 Å². The molecule has 0 aromatic rings. The monoisotopic (exact) mass is 173 g/mol. The Morgan fingerprint density at radius 2 is 2.38 bits per heavy atom. The Morgan fingerprint density at radius 1 is 1.88 bits per heavy atom. The maximum absolute atomic E-state index is 4.39. The summed E-state index contributed by atoms with van der Waals surface area (Å²) in [5.41, 5.74) is 2.22. The predicted octanol–water partition coefficient (Wildman–Crippen LogP) is -2.51. The molecule has 0 saturated carbocycles. The van der Waals surface area contributed by atoms with Crippen LogP contribution in [0.15, 0.2) is 12.8 Å². The van der Waals surface area contributed by atoms with Crippen molar-refractivity contribution >= 4 is 29.2 Å². The molecule has 0 atom stereocenters. The second kappa shape index (κ2) is 8.29. The van der Waals surface area contributed by atoms with Crippen LogP contribution in [-0.2, 0) is 17.5 Å². The first-order chi connectivity index (χ1) is 3.27. The van der Waals surface area contributed by atoms with Gasteiger partial charge in [-0.3, -0.25) is 0 Å². The zero-order chi connectivity index (χ0) is 5.70. The number of thiocarbonyl (C=S) groups is 1. The quantitative estimate of drug-likeness (QED) is 0.164. The van der Waals surface area contributed by atoms with Crippen LogP contribution in [0, 0.1) is 0 Å². The molecule has 0 unspecified atom stereocenters. The van der Waals surface area contributed by atoms with Gasteiger partial charge in [-0.15, -0.1) is 0 Å². The van der Waals surface area contributed by atoms with Crippen LogP contribution in [0.5, 0.6) is 0 Å². The molecule has 0 aromatic heterocycles. The van der Waals surface area contributed by atoms with Crippen molar-refractivity contribution in [1.29, 1.82) is 0 Å². The van der Waals surface area contributed by atoms with Crippen LogP contribution < -0.4 is 56.9 Å². The summed E-state index contributed by atoms with van der Waals surface area (Å²) in [6.07, 6.45) is 1.21. The number of rotatable bonds is 2. The van der Waals surface area contributed by atoms with E-state index in [4.69, 9.17) is 0 Å². The van der Waals surface area contributed by atoms with Gasteiger partial charge in [0.2, 0.25) is 0 Å². The zero-order valence-electron chi connectivity index (χ0n) is 4.51. The van der Waals surface area contributed by atoms with Crippen molar-refractivity contribution in [2.24, 2.45) is 0 Å². The standard InChI is InChI=1S/C3H5NOS2.K/c1-2-5-4-3(6)7;/h2H,1H2,(H2,4,6,7);/q;+1/p-1. The van der Waals surface area contributed by atoms with Crippen molar-refractivity contribution in [1.82, 2.24) is 5.48 Å². The van der Waals surface area contributed by atoms with Gasteiger partial charge < -0.3 is 29.7 Å². The van der Waals surface area contributed by atoms with Crippen molar-refractivity contribution in [3.8, 4) is 0 Å². The average Bonchev–Trinajstić information content (AvgIpc) is 1.61. The van der Waals surface area contributed by atoms with Gasteiger partial charge in [-0.05, 0) is 4.32 Å². The summed E-state index contributed by atoms with van der Waals surface area (Å²) in [6.45, 7) is 3.24. The normalized spacial score (nSPS) is 6.00. The van der Waals surface area contributed by atoms with Crippen molar-refractivity contribution in [3.63, 3.8) is 0 Å². The summed E-state index contributed by atoms with van der Waals surface area (Å²) in [6, 6.07) is 0. The Bertz CT molecular complexity index is 87.4. The number of hydrogen-bond acceptors (Lipinski definition) is 3. The summed E-state index contributed by atoms with van der Waals surface area (Å²) in [5.74, 6) is 0. The number of nitrogens with one attached hydrogen (secondary N) is 1. The van der Waals surface area contributed by atoms with E-state index in [0.29, 0.717) is 0 Å². The molecule has 0 amide bonds. The van der Waals surface area contributed by atoms with Crippen LogP contribution in [0.4, 0.5) is 0 Å². The summed E-state index contributed by atoms with van der Waals surface area (Å²) in [5, 5.41) is 0. The third-order valence-corrected chi connectivity index (χ3v) is 0.392. The molecule has 0 spiro atoms. The molecule has 0 fully saturated rings. The Hall–Kier alpha value is 1.29. The summed E-state index contributed by atoms with van der Waals surface area (Å²) in [7, 11) is 0. The van der Waals surface area contributed by atoms with E-state index in [1.807, 2.05) is 0 Å². The molecule has 2 nitrogen and oxygen atoms in total. The molecule has 0 aromatic carbocycles. The van der Waals surface area contributed by atoms with Crippen LogP contribution in [0.3, 0.4) is 0 Å². The van der Waals surface area contributed by atoms with E-state index >= 15 is 0 Å². The van der Waals surface area contributed by atoms with E-state index in [-0.39, 0.29) is 55.7 Å². The van der Waals surface area contributed by atoms with Crippen LogP contribution in [-0.4, -0.2) is 4.32 Å². The molecule has 5 heteroatoms. The Kier molecular flexibility index (Phi) is 12.4. The number of hydrogen-bond donors (Lipinski definition) is 1. The first-order valence-corrected chi connectivity index (χ1v) is 2.32. The first-order valence-electron chi connectivity index (χ1n) is 1.51. The minimum Gasteiger partial charge on any atom is -0.408 e. The van der Waals surface area contributed by atoms with Gasteiger partial charge in [-0.2, -0.15) is 0 Å². The van der Waals surface area contributed by atoms with Gasteiger partial charge in [0.1, 0.15) is 6.26 Å². The molecule has 0 radical (unpaired) electrons. The minimum absolute atomic E-state index is 0.